The molecule has 0 aromatic heterocycles. The number of hydrogen-bond acceptors (Lipinski definition) is 7. The molecule has 4 aliphatic heterocycles. The first-order valence-electron chi connectivity index (χ1n) is 8.47. The minimum absolute atomic E-state index is 0.0550. The summed E-state index contributed by atoms with van der Waals surface area (Å²) in [6, 6.07) is -0.230. The molecule has 4 aliphatic rings. The van der Waals surface area contributed by atoms with Crippen LogP contribution in [0.2, 0.25) is 0 Å². The van der Waals surface area contributed by atoms with Crippen LogP contribution in [-0.4, -0.2) is 79.8 Å². The molecule has 4 heterocycles. The van der Waals surface area contributed by atoms with E-state index in [1.807, 2.05) is 6.92 Å². The van der Waals surface area contributed by atoms with E-state index in [0.717, 1.165) is 35.5 Å². The Morgan fingerprint density at radius 1 is 1.44 bits per heavy atom. The SMILES string of the molecule is C[C@@H]1C(SC2CN(C3=NCCS3)C2)=C(C(=O)O)N2C(=O)[C@H]([C@@H](C)O)[C@H]12. The zero-order valence-corrected chi connectivity index (χ0v) is 15.7. The number of likely N-dealkylation sites (tertiary alicyclic amines) is 1. The van der Waals surface area contributed by atoms with Crippen molar-refractivity contribution in [3.63, 3.8) is 0 Å². The maximum absolute atomic E-state index is 12.3. The lowest BCUT2D eigenvalue weighted by Gasteiger charge is -2.46. The molecule has 0 bridgehead atoms. The Hall–Kier alpha value is -1.19. The maximum Gasteiger partial charge on any atom is 0.353 e. The minimum Gasteiger partial charge on any atom is -0.477 e. The molecule has 2 N–H and O–H groups in total. The highest BCUT2D eigenvalue weighted by Gasteiger charge is 2.60. The van der Waals surface area contributed by atoms with Crippen molar-refractivity contribution in [1.82, 2.24) is 9.80 Å². The number of hydrogen-bond donors (Lipinski definition) is 2. The fraction of sp³-hybridized carbons (Fsp3) is 0.688. The molecule has 0 spiro atoms. The molecule has 4 atom stereocenters. The Labute approximate surface area is 154 Å². The zero-order valence-electron chi connectivity index (χ0n) is 14.1. The summed E-state index contributed by atoms with van der Waals surface area (Å²) < 4.78 is 0. The Morgan fingerprint density at radius 2 is 2.16 bits per heavy atom. The molecular weight excluding hydrogens is 362 g/mol. The summed E-state index contributed by atoms with van der Waals surface area (Å²) in [6.07, 6.45) is -0.757. The second-order valence-electron chi connectivity index (χ2n) is 6.93. The Morgan fingerprint density at radius 3 is 2.72 bits per heavy atom. The van der Waals surface area contributed by atoms with Gasteiger partial charge in [0.25, 0.3) is 0 Å². The molecule has 4 rings (SSSR count). The Bertz CT molecular complexity index is 687. The van der Waals surface area contributed by atoms with Crippen LogP contribution in [0.1, 0.15) is 13.8 Å². The predicted octanol–water partition coefficient (Wildman–Crippen LogP) is 0.660. The summed E-state index contributed by atoms with van der Waals surface area (Å²) >= 11 is 3.35. The van der Waals surface area contributed by atoms with Crippen molar-refractivity contribution in [3.8, 4) is 0 Å². The lowest BCUT2D eigenvalue weighted by molar-refractivity contribution is -0.163. The first-order valence-corrected chi connectivity index (χ1v) is 10.3. The number of aliphatic hydroxyl groups excluding tert-OH is 1. The number of fused-ring (bicyclic) bond motifs is 1. The number of aliphatic imine (C=N–C) groups is 1. The summed E-state index contributed by atoms with van der Waals surface area (Å²) in [5.74, 6) is -0.841. The van der Waals surface area contributed by atoms with Gasteiger partial charge in [0.15, 0.2) is 5.17 Å². The third-order valence-corrected chi connectivity index (χ3v) is 7.78. The van der Waals surface area contributed by atoms with Gasteiger partial charge < -0.3 is 20.0 Å². The number of β-lactam (4-membered cyclic amide) rings is 1. The van der Waals surface area contributed by atoms with Crippen molar-refractivity contribution in [1.29, 1.82) is 0 Å². The highest BCUT2D eigenvalue weighted by molar-refractivity contribution is 8.14. The second kappa shape index (κ2) is 6.21. The van der Waals surface area contributed by atoms with Crippen LogP contribution in [0, 0.1) is 11.8 Å². The van der Waals surface area contributed by atoms with E-state index < -0.39 is 18.0 Å². The molecule has 0 saturated carbocycles. The van der Waals surface area contributed by atoms with Gasteiger partial charge in [0.2, 0.25) is 5.91 Å². The quantitative estimate of drug-likeness (QED) is 0.689. The van der Waals surface area contributed by atoms with Crippen LogP contribution in [0.25, 0.3) is 0 Å². The van der Waals surface area contributed by atoms with Crippen molar-refractivity contribution in [3.05, 3.63) is 10.6 Å². The fourth-order valence-corrected chi connectivity index (χ4v) is 6.44. The van der Waals surface area contributed by atoms with Crippen LogP contribution >= 0.6 is 23.5 Å². The Kier molecular flexibility index (Phi) is 4.28. The van der Waals surface area contributed by atoms with Gasteiger partial charge in [-0.15, -0.1) is 11.8 Å². The monoisotopic (exact) mass is 383 g/mol. The summed E-state index contributed by atoms with van der Waals surface area (Å²) in [5, 5.41) is 20.9. The summed E-state index contributed by atoms with van der Waals surface area (Å²) in [4.78, 5) is 33.0. The number of amides is 1. The van der Waals surface area contributed by atoms with Gasteiger partial charge in [-0.25, -0.2) is 4.79 Å². The van der Waals surface area contributed by atoms with Crippen LogP contribution in [-0.2, 0) is 9.59 Å². The molecule has 7 nitrogen and oxygen atoms in total. The van der Waals surface area contributed by atoms with Crippen LogP contribution in [0.3, 0.4) is 0 Å². The number of thioether (sulfide) groups is 2. The van der Waals surface area contributed by atoms with Crippen molar-refractivity contribution >= 4 is 40.6 Å². The van der Waals surface area contributed by atoms with E-state index in [1.165, 1.54) is 4.90 Å². The van der Waals surface area contributed by atoms with Crippen LogP contribution in [0.5, 0.6) is 0 Å². The smallest absolute Gasteiger partial charge is 0.353 e. The van der Waals surface area contributed by atoms with E-state index in [4.69, 9.17) is 0 Å². The molecule has 0 radical (unpaired) electrons. The molecule has 0 aromatic carbocycles. The molecule has 0 aliphatic carbocycles. The van der Waals surface area contributed by atoms with Crippen molar-refractivity contribution < 1.29 is 19.8 Å². The molecule has 2 saturated heterocycles. The highest BCUT2D eigenvalue weighted by Crippen LogP contribution is 2.52. The number of carbonyl (C=O) groups is 2. The van der Waals surface area contributed by atoms with E-state index in [-0.39, 0.29) is 23.6 Å². The van der Waals surface area contributed by atoms with E-state index in [9.17, 15) is 19.8 Å². The minimum atomic E-state index is -1.05. The molecule has 1 amide bonds. The average Bonchev–Trinajstić information content (AvgIpc) is 3.08. The average molecular weight is 383 g/mol. The second-order valence-corrected chi connectivity index (χ2v) is 9.33. The Balaban J connectivity index is 1.49. The van der Waals surface area contributed by atoms with E-state index in [2.05, 4.69) is 9.89 Å². The van der Waals surface area contributed by atoms with E-state index >= 15 is 0 Å². The van der Waals surface area contributed by atoms with Crippen molar-refractivity contribution in [2.24, 2.45) is 16.8 Å². The fourth-order valence-electron chi connectivity index (χ4n) is 4.04. The number of aliphatic carboxylic acids is 1. The topological polar surface area (TPSA) is 93.4 Å². The van der Waals surface area contributed by atoms with Gasteiger partial charge in [-0.3, -0.25) is 9.79 Å². The van der Waals surface area contributed by atoms with Gasteiger partial charge in [0.05, 0.1) is 24.6 Å². The van der Waals surface area contributed by atoms with Crippen LogP contribution in [0.4, 0.5) is 0 Å². The lowest BCUT2D eigenvalue weighted by atomic mass is 9.79. The van der Waals surface area contributed by atoms with Gasteiger partial charge in [0, 0.05) is 34.9 Å². The number of nitrogens with zero attached hydrogens (tertiary/aromatic N) is 3. The van der Waals surface area contributed by atoms with Crippen molar-refractivity contribution in [2.75, 3.05) is 25.4 Å². The predicted molar refractivity (Wildman–Crippen MR) is 97.3 cm³/mol. The number of carboxylic acids is 1. The molecular formula is C16H21N3O4S2. The van der Waals surface area contributed by atoms with Gasteiger partial charge in [-0.05, 0) is 6.92 Å². The largest absolute Gasteiger partial charge is 0.477 e. The third kappa shape index (κ3) is 2.59. The maximum atomic E-state index is 12.3. The molecule has 25 heavy (non-hydrogen) atoms. The zero-order chi connectivity index (χ0) is 17.9. The van der Waals surface area contributed by atoms with E-state index in [0.29, 0.717) is 5.25 Å². The first kappa shape index (κ1) is 17.2. The van der Waals surface area contributed by atoms with Crippen molar-refractivity contribution in [2.45, 2.75) is 31.2 Å². The van der Waals surface area contributed by atoms with Crippen LogP contribution in [0.15, 0.2) is 15.6 Å². The number of carboxylic acid groups (broad SMARTS) is 1. The summed E-state index contributed by atoms with van der Waals surface area (Å²) in [6.45, 7) is 6.16. The number of amidine groups is 1. The molecule has 136 valence electrons. The van der Waals surface area contributed by atoms with E-state index in [1.54, 1.807) is 30.4 Å². The number of carbonyl (C=O) groups excluding carboxylic acids is 1. The van der Waals surface area contributed by atoms with Gasteiger partial charge in [-0.1, -0.05) is 18.7 Å². The first-order chi connectivity index (χ1) is 11.9. The molecule has 0 aromatic rings. The van der Waals surface area contributed by atoms with Crippen LogP contribution < -0.4 is 0 Å². The highest BCUT2D eigenvalue weighted by atomic mass is 32.2. The van der Waals surface area contributed by atoms with Gasteiger partial charge >= 0.3 is 5.97 Å². The summed E-state index contributed by atoms with van der Waals surface area (Å²) in [5.41, 5.74) is 0.121. The third-order valence-electron chi connectivity index (χ3n) is 5.29. The number of aliphatic hydroxyl groups is 1. The lowest BCUT2D eigenvalue weighted by Crippen LogP contribution is -2.63. The molecule has 9 heteroatoms. The normalized spacial score (nSPS) is 33.2. The number of rotatable bonds is 4. The van der Waals surface area contributed by atoms with Gasteiger partial charge in [-0.2, -0.15) is 0 Å². The molecule has 0 unspecified atom stereocenters. The van der Waals surface area contributed by atoms with Gasteiger partial charge in [0.1, 0.15) is 5.70 Å². The molecule has 2 fully saturated rings. The summed E-state index contributed by atoms with van der Waals surface area (Å²) in [7, 11) is 0. The standard InChI is InChI=1S/C16H21N3O4S2/c1-7-11-10(8(2)20)14(21)19(11)12(15(22)23)13(7)25-9-5-18(6-9)16-17-3-4-24-16/h7-11,20H,3-6H2,1-2H3,(H,22,23)/t7-,8+,10+,11-/m0/s1.